The molecule has 144 valence electrons. The first-order valence-corrected chi connectivity index (χ1v) is 9.76. The van der Waals surface area contributed by atoms with Gasteiger partial charge < -0.3 is 9.80 Å². The largest absolute Gasteiger partial charge is 0.357 e. The molecule has 5 heteroatoms. The zero-order valence-electron chi connectivity index (χ0n) is 16.2. The molecule has 0 N–H and O–H groups in total. The molecule has 1 fully saturated rings. The second kappa shape index (κ2) is 9.09. The summed E-state index contributed by atoms with van der Waals surface area (Å²) in [6.45, 7) is 5.66. The van der Waals surface area contributed by atoms with Crippen LogP contribution in [-0.2, 0) is 6.42 Å². The molecule has 27 heavy (non-hydrogen) atoms. The summed E-state index contributed by atoms with van der Waals surface area (Å²) in [6, 6.07) is 12.0. The van der Waals surface area contributed by atoms with Crippen molar-refractivity contribution in [3.05, 3.63) is 59.5 Å². The van der Waals surface area contributed by atoms with E-state index in [9.17, 15) is 9.18 Å². The van der Waals surface area contributed by atoms with Crippen LogP contribution in [0.15, 0.2) is 42.5 Å². The number of Topliss-reactive ketones (excluding diaryl/α,β-unsaturated/α-hetero) is 1. The summed E-state index contributed by atoms with van der Waals surface area (Å²) >= 11 is 0. The highest BCUT2D eigenvalue weighted by molar-refractivity contribution is 5.97. The second-order valence-corrected chi connectivity index (χ2v) is 7.28. The number of carbonyl (C=O) groups excluding carboxylic acids is 1. The van der Waals surface area contributed by atoms with E-state index in [-0.39, 0.29) is 18.0 Å². The van der Waals surface area contributed by atoms with Gasteiger partial charge in [0.05, 0.1) is 12.1 Å². The van der Waals surface area contributed by atoms with Crippen LogP contribution in [-0.4, -0.2) is 48.4 Å². The number of rotatable bonds is 7. The van der Waals surface area contributed by atoms with Crippen molar-refractivity contribution in [2.75, 3.05) is 31.6 Å². The number of likely N-dealkylation sites (tertiary alicyclic amines) is 1. The van der Waals surface area contributed by atoms with Gasteiger partial charge in [0.25, 0.3) is 0 Å². The first-order valence-electron chi connectivity index (χ1n) is 9.76. The average molecular weight is 369 g/mol. The van der Waals surface area contributed by atoms with Gasteiger partial charge in [-0.1, -0.05) is 13.0 Å². The lowest BCUT2D eigenvalue weighted by atomic mass is 10.0. The van der Waals surface area contributed by atoms with Gasteiger partial charge in [-0.3, -0.25) is 4.79 Å². The van der Waals surface area contributed by atoms with Crippen LogP contribution in [0.3, 0.4) is 0 Å². The molecule has 0 unspecified atom stereocenters. The fourth-order valence-corrected chi connectivity index (χ4v) is 3.70. The van der Waals surface area contributed by atoms with Gasteiger partial charge in [0.15, 0.2) is 5.78 Å². The smallest absolute Gasteiger partial charge is 0.168 e. The summed E-state index contributed by atoms with van der Waals surface area (Å²) in [4.78, 5) is 21.9. The molecule has 0 spiro atoms. The predicted octanol–water partition coefficient (Wildman–Crippen LogP) is 3.96. The maximum Gasteiger partial charge on any atom is 0.168 e. The summed E-state index contributed by atoms with van der Waals surface area (Å²) in [5.74, 6) is 0.529. The fourth-order valence-electron chi connectivity index (χ4n) is 3.70. The lowest BCUT2D eigenvalue weighted by molar-refractivity contribution is 0.0992. The molecule has 2 aromatic rings. The zero-order chi connectivity index (χ0) is 19.2. The molecule has 1 aliphatic heterocycles. The summed E-state index contributed by atoms with van der Waals surface area (Å²) in [6.07, 6.45) is 3.70. The minimum Gasteiger partial charge on any atom is -0.357 e. The van der Waals surface area contributed by atoms with E-state index in [0.29, 0.717) is 11.6 Å². The van der Waals surface area contributed by atoms with Crippen molar-refractivity contribution in [2.45, 2.75) is 38.6 Å². The Morgan fingerprint density at radius 3 is 2.56 bits per heavy atom. The average Bonchev–Trinajstić information content (AvgIpc) is 2.69. The number of piperidine rings is 1. The van der Waals surface area contributed by atoms with Gasteiger partial charge in [-0.05, 0) is 62.2 Å². The van der Waals surface area contributed by atoms with Crippen LogP contribution in [0.5, 0.6) is 0 Å². The van der Waals surface area contributed by atoms with Gasteiger partial charge in [-0.2, -0.15) is 0 Å². The summed E-state index contributed by atoms with van der Waals surface area (Å²) in [5.41, 5.74) is 1.26. The Balaban J connectivity index is 1.63. The van der Waals surface area contributed by atoms with Crippen molar-refractivity contribution < 1.29 is 9.18 Å². The second-order valence-electron chi connectivity index (χ2n) is 7.28. The van der Waals surface area contributed by atoms with Crippen molar-refractivity contribution in [3.63, 3.8) is 0 Å². The minimum atomic E-state index is -0.335. The van der Waals surface area contributed by atoms with E-state index in [1.54, 1.807) is 0 Å². The Kier molecular flexibility index (Phi) is 6.56. The predicted molar refractivity (Wildman–Crippen MR) is 107 cm³/mol. The Morgan fingerprint density at radius 1 is 1.19 bits per heavy atom. The molecule has 0 aliphatic carbocycles. The van der Waals surface area contributed by atoms with Crippen molar-refractivity contribution >= 4 is 11.6 Å². The SMILES string of the molecule is CCCN1CCC(N(C)c2cccc(CC(=O)c3ccc(F)cc3)n2)CC1. The van der Waals surface area contributed by atoms with E-state index in [1.165, 1.54) is 37.2 Å². The monoisotopic (exact) mass is 369 g/mol. The Labute approximate surface area is 161 Å². The molecule has 1 saturated heterocycles. The number of hydrogen-bond acceptors (Lipinski definition) is 4. The summed E-state index contributed by atoms with van der Waals surface area (Å²) in [5, 5.41) is 0. The molecule has 0 radical (unpaired) electrons. The standard InChI is InChI=1S/C22H28FN3O/c1-3-13-26-14-11-20(12-15-26)25(2)22-6-4-5-19(24-22)16-21(27)17-7-9-18(23)10-8-17/h4-10,20H,3,11-16H2,1-2H3. The first-order chi connectivity index (χ1) is 13.1. The molecular formula is C22H28FN3O. The van der Waals surface area contributed by atoms with Crippen molar-refractivity contribution in [1.29, 1.82) is 0 Å². The maximum absolute atomic E-state index is 13.0. The maximum atomic E-state index is 13.0. The van der Waals surface area contributed by atoms with Crippen molar-refractivity contribution in [1.82, 2.24) is 9.88 Å². The molecule has 3 rings (SSSR count). The van der Waals surface area contributed by atoms with Crippen LogP contribution in [0, 0.1) is 5.82 Å². The number of ketones is 1. The normalized spacial score (nSPS) is 15.7. The Morgan fingerprint density at radius 2 is 1.89 bits per heavy atom. The van der Waals surface area contributed by atoms with E-state index in [0.717, 1.165) is 37.4 Å². The quantitative estimate of drug-likeness (QED) is 0.693. The Hall–Kier alpha value is -2.27. The van der Waals surface area contributed by atoms with Crippen molar-refractivity contribution in [3.8, 4) is 0 Å². The van der Waals surface area contributed by atoms with E-state index >= 15 is 0 Å². The number of pyridine rings is 1. The lowest BCUT2D eigenvalue weighted by Gasteiger charge is -2.37. The van der Waals surface area contributed by atoms with Gasteiger partial charge in [0.2, 0.25) is 0 Å². The molecule has 0 amide bonds. The molecule has 0 atom stereocenters. The number of halogens is 1. The third kappa shape index (κ3) is 5.13. The lowest BCUT2D eigenvalue weighted by Crippen LogP contribution is -2.43. The topological polar surface area (TPSA) is 36.4 Å². The molecule has 1 aromatic carbocycles. The van der Waals surface area contributed by atoms with Crippen LogP contribution in [0.2, 0.25) is 0 Å². The molecule has 0 saturated carbocycles. The third-order valence-electron chi connectivity index (χ3n) is 5.31. The molecule has 2 heterocycles. The highest BCUT2D eigenvalue weighted by Gasteiger charge is 2.23. The van der Waals surface area contributed by atoms with E-state index in [1.807, 2.05) is 18.2 Å². The summed E-state index contributed by atoms with van der Waals surface area (Å²) < 4.78 is 13.0. The van der Waals surface area contributed by atoms with Crippen molar-refractivity contribution in [2.24, 2.45) is 0 Å². The molecule has 1 aliphatic rings. The Bertz CT molecular complexity index is 754. The van der Waals surface area contributed by atoms with E-state index < -0.39 is 0 Å². The van der Waals surface area contributed by atoms with E-state index in [2.05, 4.69) is 23.8 Å². The first kappa shape index (κ1) is 19.5. The van der Waals surface area contributed by atoms with Gasteiger partial charge in [0, 0.05) is 31.7 Å². The van der Waals surface area contributed by atoms with Crippen LogP contribution in [0.25, 0.3) is 0 Å². The highest BCUT2D eigenvalue weighted by Crippen LogP contribution is 2.21. The van der Waals surface area contributed by atoms with E-state index in [4.69, 9.17) is 4.98 Å². The number of aromatic nitrogens is 1. The summed E-state index contributed by atoms with van der Waals surface area (Å²) in [7, 11) is 2.09. The van der Waals surface area contributed by atoms with Crippen LogP contribution < -0.4 is 4.90 Å². The number of anilines is 1. The van der Waals surface area contributed by atoms with Gasteiger partial charge in [-0.25, -0.2) is 9.37 Å². The zero-order valence-corrected chi connectivity index (χ0v) is 16.2. The molecule has 0 bridgehead atoms. The molecule has 1 aromatic heterocycles. The van der Waals surface area contributed by atoms with Gasteiger partial charge in [0.1, 0.15) is 11.6 Å². The molecule has 4 nitrogen and oxygen atoms in total. The number of carbonyl (C=O) groups is 1. The number of nitrogens with zero attached hydrogens (tertiary/aromatic N) is 3. The number of hydrogen-bond donors (Lipinski definition) is 0. The number of benzene rings is 1. The molecular weight excluding hydrogens is 341 g/mol. The fraction of sp³-hybridized carbons (Fsp3) is 0.455. The van der Waals surface area contributed by atoms with Crippen LogP contribution >= 0.6 is 0 Å². The van der Waals surface area contributed by atoms with Crippen LogP contribution in [0.1, 0.15) is 42.2 Å². The van der Waals surface area contributed by atoms with Gasteiger partial charge >= 0.3 is 0 Å². The minimum absolute atomic E-state index is 0.0461. The van der Waals surface area contributed by atoms with Crippen LogP contribution in [0.4, 0.5) is 10.2 Å². The van der Waals surface area contributed by atoms with Gasteiger partial charge in [-0.15, -0.1) is 0 Å². The highest BCUT2D eigenvalue weighted by atomic mass is 19.1. The third-order valence-corrected chi connectivity index (χ3v) is 5.31.